The molecule has 0 bridgehead atoms. The van der Waals surface area contributed by atoms with E-state index in [1.807, 2.05) is 0 Å². The zero-order valence-corrected chi connectivity index (χ0v) is 24.8. The summed E-state index contributed by atoms with van der Waals surface area (Å²) in [5, 5.41) is 14.5. The Bertz CT molecular complexity index is 84.2. The summed E-state index contributed by atoms with van der Waals surface area (Å²) < 4.78 is 0. The summed E-state index contributed by atoms with van der Waals surface area (Å²) in [6.07, 6.45) is 0. The maximum atomic E-state index is 7.26. The third-order valence-corrected chi connectivity index (χ3v) is 0.0500. The minimum absolute atomic E-state index is 0. The van der Waals surface area contributed by atoms with Gasteiger partial charge in [-0.3, -0.25) is 4.70 Å². The third-order valence-electron chi connectivity index (χ3n) is 0.0500. The van der Waals surface area contributed by atoms with E-state index in [1.165, 1.54) is 12.1 Å². The summed E-state index contributed by atoms with van der Waals surface area (Å²) in [5.41, 5.74) is 0. The summed E-state index contributed by atoms with van der Waals surface area (Å²) in [7, 11) is 0. The van der Waals surface area contributed by atoms with Crippen LogP contribution in [0.5, 0.6) is 0 Å². The zero-order chi connectivity index (χ0) is 3.41. The van der Waals surface area contributed by atoms with Crippen molar-refractivity contribution in [3.63, 3.8) is 0 Å². The van der Waals surface area contributed by atoms with Crippen LogP contribution in [0.1, 0.15) is 0 Å². The number of halogens is 1. The summed E-state index contributed by atoms with van der Waals surface area (Å²) >= 11 is 0. The van der Waals surface area contributed by atoms with Crippen molar-refractivity contribution >= 4 is 45.3 Å². The van der Waals surface area contributed by atoms with Gasteiger partial charge < -0.3 is 0 Å². The Balaban J connectivity index is -0.00000000300. The summed E-state index contributed by atoms with van der Waals surface area (Å²) in [6.45, 7) is 0. The first-order chi connectivity index (χ1) is 1.91. The Kier molecular flexibility index (Phi) is 318. The first-order valence-electron chi connectivity index (χ1n) is 0.697. The topological polar surface area (TPSA) is 47.6 Å². The quantitative estimate of drug-likeness (QED) is 0.274. The number of nitriles is 2. The van der Waals surface area contributed by atoms with E-state index in [9.17, 15) is 0 Å². The molecular formula is C2H6AsCdCrFHgN2Pb. The molecule has 8 heteroatoms. The molecule has 1 atom stereocenters. The molecule has 0 N–H and O–H groups in total. The van der Waals surface area contributed by atoms with Gasteiger partial charge in [0.2, 0.25) is 0 Å². The van der Waals surface area contributed by atoms with Gasteiger partial charge in [0, 0.05) is 72.3 Å². The van der Waals surface area contributed by atoms with Crippen LogP contribution < -0.4 is 0 Å². The predicted octanol–water partition coefficient (Wildman–Crippen LogP) is -1.92. The Morgan fingerprint density at radius 2 is 1.10 bits per heavy atom. The monoisotopic (exact) mass is 728 g/mol. The first kappa shape index (κ1) is 53.1. The maximum absolute atomic E-state index is 7.26. The average Bonchev–Trinajstić information content (AvgIpc) is 1.37. The van der Waals surface area contributed by atoms with Crippen LogP contribution in [0.2, 0.25) is 0 Å². The molecular weight excluding hydrogens is 718 g/mol. The van der Waals surface area contributed by atoms with Gasteiger partial charge in [-0.25, -0.2) is 0 Å². The van der Waals surface area contributed by atoms with Gasteiger partial charge in [0.05, 0.1) is 0 Å². The van der Waals surface area contributed by atoms with Crippen LogP contribution in [-0.4, -0.2) is 45.3 Å². The molecule has 0 heterocycles. The van der Waals surface area contributed by atoms with Crippen LogP contribution in [0, 0.1) is 22.7 Å². The standard InChI is InChI=1S/C2N2.AsH3.Cd.Cr.FH.Hg.Pb.2H/c3-1-2-4;;;;;;;;/h;1H3;;;1H;;;;. The van der Waals surface area contributed by atoms with Gasteiger partial charge in [-0.2, -0.15) is 10.5 Å². The van der Waals surface area contributed by atoms with Crippen LogP contribution in [0.3, 0.4) is 0 Å². The van der Waals surface area contributed by atoms with Crippen LogP contribution in [0.15, 0.2) is 0 Å². The van der Waals surface area contributed by atoms with Crippen molar-refractivity contribution in [2.24, 2.45) is 0 Å². The Morgan fingerprint density at radius 1 is 1.00 bits per heavy atom. The van der Waals surface area contributed by atoms with Gasteiger partial charge in [-0.05, 0) is 0 Å². The molecule has 0 aromatic heterocycles. The molecule has 2 radical (unpaired) electrons. The third kappa shape index (κ3) is 72.2. The van der Waals surface area contributed by atoms with Gasteiger partial charge in [0.1, 0.15) is 0 Å². The SMILES string of the molecule is F.N#CC#N.[AsH3].[Cd].[Cr].[Hg].[PbH2]. The van der Waals surface area contributed by atoms with Gasteiger partial charge in [-0.1, -0.05) is 0 Å². The van der Waals surface area contributed by atoms with E-state index >= 15 is 0 Å². The fraction of sp³-hybridized carbons (Fsp3) is 0. The minimum atomic E-state index is 0. The molecule has 0 aromatic carbocycles. The zero-order valence-electron chi connectivity index (χ0n) is 5.54. The van der Waals surface area contributed by atoms with Gasteiger partial charge in [0.25, 0.3) is 0 Å². The van der Waals surface area contributed by atoms with Gasteiger partial charge in [-0.15, -0.1) is 0 Å². The second kappa shape index (κ2) is 59.9. The van der Waals surface area contributed by atoms with Crippen molar-refractivity contribution in [2.45, 2.75) is 0 Å². The molecule has 0 saturated carbocycles. The van der Waals surface area contributed by atoms with Gasteiger partial charge >= 0.3 is 45.3 Å². The molecule has 10 heavy (non-hydrogen) atoms. The van der Waals surface area contributed by atoms with Crippen LogP contribution in [-0.2, 0) is 72.3 Å². The van der Waals surface area contributed by atoms with Crippen molar-refractivity contribution in [3.8, 4) is 12.1 Å². The summed E-state index contributed by atoms with van der Waals surface area (Å²) in [4.78, 5) is 0. The van der Waals surface area contributed by atoms with E-state index in [4.69, 9.17) is 10.5 Å². The van der Waals surface area contributed by atoms with Crippen molar-refractivity contribution in [2.75, 3.05) is 0 Å². The van der Waals surface area contributed by atoms with Crippen LogP contribution in [0.25, 0.3) is 0 Å². The molecule has 0 spiro atoms. The molecule has 0 rings (SSSR count). The Hall–Kier alpha value is 2.78. The predicted molar refractivity (Wildman–Crippen MR) is 32.2 cm³/mol. The van der Waals surface area contributed by atoms with Crippen LogP contribution in [0.4, 0.5) is 4.70 Å². The van der Waals surface area contributed by atoms with E-state index in [1.54, 1.807) is 0 Å². The fourth-order valence-electron chi connectivity index (χ4n) is 0. The van der Waals surface area contributed by atoms with E-state index in [0.717, 1.165) is 0 Å². The summed E-state index contributed by atoms with van der Waals surface area (Å²) in [6, 6.07) is 2.47. The summed E-state index contributed by atoms with van der Waals surface area (Å²) in [5.74, 6) is 0. The molecule has 0 aliphatic heterocycles. The van der Waals surface area contributed by atoms with E-state index in [2.05, 4.69) is 0 Å². The van der Waals surface area contributed by atoms with Gasteiger partial charge in [0.15, 0.2) is 12.1 Å². The first-order valence-corrected chi connectivity index (χ1v) is 0.697. The van der Waals surface area contributed by atoms with Crippen molar-refractivity contribution < 1.29 is 77.0 Å². The molecule has 1 unspecified atom stereocenters. The van der Waals surface area contributed by atoms with Crippen LogP contribution >= 0.6 is 0 Å². The average molecular weight is 724 g/mol. The molecule has 0 aromatic rings. The molecule has 0 fully saturated rings. The number of hydrogen-bond donors (Lipinski definition) is 0. The second-order valence-corrected chi connectivity index (χ2v) is 0.224. The van der Waals surface area contributed by atoms with Crippen molar-refractivity contribution in [1.29, 1.82) is 10.5 Å². The molecule has 0 saturated heterocycles. The van der Waals surface area contributed by atoms with Crippen molar-refractivity contribution in [1.82, 2.24) is 0 Å². The van der Waals surface area contributed by atoms with E-state index in [-0.39, 0.29) is 122 Å². The molecule has 2 nitrogen and oxygen atoms in total. The van der Waals surface area contributed by atoms with Crippen molar-refractivity contribution in [3.05, 3.63) is 0 Å². The normalized spacial score (nSPS) is 1.00. The number of rotatable bonds is 0. The number of hydrogen-bond acceptors (Lipinski definition) is 2. The molecule has 0 amide bonds. The van der Waals surface area contributed by atoms with E-state index in [0.29, 0.717) is 0 Å². The second-order valence-electron chi connectivity index (χ2n) is 0.224. The van der Waals surface area contributed by atoms with E-state index < -0.39 is 0 Å². The fourth-order valence-corrected chi connectivity index (χ4v) is 0. The molecule has 0 aliphatic rings. The Morgan fingerprint density at radius 3 is 1.10 bits per heavy atom. The molecule has 50 valence electrons. The Labute approximate surface area is 142 Å². The number of nitrogens with zero attached hydrogens (tertiary/aromatic N) is 2. The molecule has 0 aliphatic carbocycles.